The molecule has 1 aromatic carbocycles. The second kappa shape index (κ2) is 7.96. The van der Waals surface area contributed by atoms with Crippen LogP contribution in [0, 0.1) is 5.92 Å². The van der Waals surface area contributed by atoms with Crippen LogP contribution in [0.2, 0.25) is 0 Å². The van der Waals surface area contributed by atoms with E-state index in [9.17, 15) is 13.2 Å². The second-order valence-electron chi connectivity index (χ2n) is 7.44. The molecule has 1 aromatic rings. The topological polar surface area (TPSA) is 75.7 Å². The van der Waals surface area contributed by atoms with Crippen molar-refractivity contribution < 1.29 is 17.9 Å². The fraction of sp³-hybridized carbons (Fsp3) is 0.632. The van der Waals surface area contributed by atoms with Crippen LogP contribution < -0.4 is 9.46 Å². The highest BCUT2D eigenvalue weighted by molar-refractivity contribution is 7.89. The van der Waals surface area contributed by atoms with Gasteiger partial charge in [0.05, 0.1) is 7.11 Å². The number of hydrogen-bond donors (Lipinski definition) is 1. The molecule has 0 unspecified atom stereocenters. The normalized spacial score (nSPS) is 19.7. The van der Waals surface area contributed by atoms with Crippen molar-refractivity contribution in [1.82, 2.24) is 9.62 Å². The maximum Gasteiger partial charge on any atom is 0.253 e. The number of ether oxygens (including phenoxy) is 1. The van der Waals surface area contributed by atoms with Crippen molar-refractivity contribution in [3.63, 3.8) is 0 Å². The van der Waals surface area contributed by atoms with E-state index >= 15 is 0 Å². The second-order valence-corrected chi connectivity index (χ2v) is 9.13. The molecule has 2 fully saturated rings. The lowest BCUT2D eigenvalue weighted by Gasteiger charge is -2.30. The fourth-order valence-corrected chi connectivity index (χ4v) is 5.24. The Morgan fingerprint density at radius 3 is 2.42 bits per heavy atom. The highest BCUT2D eigenvalue weighted by Gasteiger charge is 2.28. The average molecular weight is 381 g/mol. The number of nitrogens with zero attached hydrogens (tertiary/aromatic N) is 1. The Balaban J connectivity index is 1.85. The van der Waals surface area contributed by atoms with Gasteiger partial charge in [-0.15, -0.1) is 0 Å². The maximum atomic E-state index is 12.8. The van der Waals surface area contributed by atoms with Crippen LogP contribution in [-0.4, -0.2) is 45.5 Å². The molecule has 1 amide bonds. The van der Waals surface area contributed by atoms with E-state index in [1.54, 1.807) is 12.1 Å². The molecule has 1 aliphatic heterocycles. The zero-order valence-corrected chi connectivity index (χ0v) is 16.3. The van der Waals surface area contributed by atoms with Gasteiger partial charge in [0.15, 0.2) is 0 Å². The standard InChI is InChI=1S/C19H28N2O4S/c1-14-9-11-21(12-10-14)19(22)15-7-8-17(25-2)18(13-15)26(23,24)20-16-5-3-4-6-16/h7-8,13-14,16,20H,3-6,9-12H2,1-2H3. The predicted molar refractivity (Wildman–Crippen MR) is 99.9 cm³/mol. The summed E-state index contributed by atoms with van der Waals surface area (Å²) in [6, 6.07) is 4.64. The smallest absolute Gasteiger partial charge is 0.253 e. The summed E-state index contributed by atoms with van der Waals surface area (Å²) in [5, 5.41) is 0. The van der Waals surface area contributed by atoms with Crippen molar-refractivity contribution >= 4 is 15.9 Å². The largest absolute Gasteiger partial charge is 0.495 e. The van der Waals surface area contributed by atoms with Crippen molar-refractivity contribution in [3.8, 4) is 5.75 Å². The predicted octanol–water partition coefficient (Wildman–Crippen LogP) is 2.79. The van der Waals surface area contributed by atoms with E-state index in [2.05, 4.69) is 11.6 Å². The van der Waals surface area contributed by atoms with Crippen molar-refractivity contribution in [1.29, 1.82) is 0 Å². The number of methoxy groups -OCH3 is 1. The van der Waals surface area contributed by atoms with Gasteiger partial charge in [-0.2, -0.15) is 0 Å². The third kappa shape index (κ3) is 4.20. The third-order valence-electron chi connectivity index (χ3n) is 5.45. The van der Waals surface area contributed by atoms with Crippen LogP contribution in [0.15, 0.2) is 23.1 Å². The molecule has 0 radical (unpaired) electrons. The van der Waals surface area contributed by atoms with Gasteiger partial charge >= 0.3 is 0 Å². The molecule has 1 aliphatic carbocycles. The molecule has 3 rings (SSSR count). The van der Waals surface area contributed by atoms with Gasteiger partial charge in [-0.05, 0) is 49.8 Å². The van der Waals surface area contributed by atoms with Crippen molar-refractivity contribution in [2.24, 2.45) is 5.92 Å². The van der Waals surface area contributed by atoms with E-state index in [0.29, 0.717) is 24.6 Å². The summed E-state index contributed by atoms with van der Waals surface area (Å²) in [5.41, 5.74) is 0.396. The molecule has 1 saturated heterocycles. The molecule has 1 N–H and O–H groups in total. The number of amides is 1. The molecule has 2 aliphatic rings. The number of carbonyl (C=O) groups excluding carboxylic acids is 1. The molecular weight excluding hydrogens is 352 g/mol. The van der Waals surface area contributed by atoms with Gasteiger partial charge in [-0.3, -0.25) is 4.79 Å². The first-order valence-corrected chi connectivity index (χ1v) is 10.9. The minimum Gasteiger partial charge on any atom is -0.495 e. The van der Waals surface area contributed by atoms with Crippen molar-refractivity contribution in [2.45, 2.75) is 56.4 Å². The molecule has 26 heavy (non-hydrogen) atoms. The van der Waals surface area contributed by atoms with Gasteiger partial charge < -0.3 is 9.64 Å². The van der Waals surface area contributed by atoms with Gasteiger partial charge in [0.2, 0.25) is 10.0 Å². The van der Waals surface area contributed by atoms with E-state index in [0.717, 1.165) is 38.5 Å². The van der Waals surface area contributed by atoms with Gasteiger partial charge in [-0.1, -0.05) is 19.8 Å². The number of benzene rings is 1. The summed E-state index contributed by atoms with van der Waals surface area (Å²) in [7, 11) is -2.29. The van der Waals surface area contributed by atoms with Crippen LogP contribution >= 0.6 is 0 Å². The Hall–Kier alpha value is -1.60. The summed E-state index contributed by atoms with van der Waals surface area (Å²) in [6.45, 7) is 3.62. The molecular formula is C19H28N2O4S. The van der Waals surface area contributed by atoms with Crippen LogP contribution in [0.1, 0.15) is 55.8 Å². The molecule has 0 atom stereocenters. The summed E-state index contributed by atoms with van der Waals surface area (Å²) in [6.07, 6.45) is 5.75. The monoisotopic (exact) mass is 380 g/mol. The van der Waals surface area contributed by atoms with Crippen LogP contribution in [0.4, 0.5) is 0 Å². The van der Waals surface area contributed by atoms with E-state index in [1.807, 2.05) is 4.90 Å². The van der Waals surface area contributed by atoms with Crippen LogP contribution in [0.5, 0.6) is 5.75 Å². The number of hydrogen-bond acceptors (Lipinski definition) is 4. The Labute approximate surface area is 156 Å². The van der Waals surface area contributed by atoms with Gasteiger partial charge in [0.1, 0.15) is 10.6 Å². The third-order valence-corrected chi connectivity index (χ3v) is 6.99. The van der Waals surface area contributed by atoms with Crippen molar-refractivity contribution in [3.05, 3.63) is 23.8 Å². The summed E-state index contributed by atoms with van der Waals surface area (Å²) in [5.74, 6) is 0.776. The SMILES string of the molecule is COc1ccc(C(=O)N2CCC(C)CC2)cc1S(=O)(=O)NC1CCCC1. The molecule has 6 nitrogen and oxygen atoms in total. The zero-order chi connectivity index (χ0) is 18.7. The van der Waals surface area contributed by atoms with E-state index in [-0.39, 0.29) is 22.6 Å². The molecule has 0 bridgehead atoms. The number of nitrogens with one attached hydrogen (secondary N) is 1. The molecule has 144 valence electrons. The number of carbonyl (C=O) groups is 1. The van der Waals surface area contributed by atoms with E-state index in [1.165, 1.54) is 13.2 Å². The Kier molecular flexibility index (Phi) is 5.87. The summed E-state index contributed by atoms with van der Waals surface area (Å²) in [4.78, 5) is 14.7. The van der Waals surface area contributed by atoms with Crippen LogP contribution in [0.25, 0.3) is 0 Å². The van der Waals surface area contributed by atoms with E-state index in [4.69, 9.17) is 4.74 Å². The number of piperidine rings is 1. The first-order valence-electron chi connectivity index (χ1n) is 9.40. The highest BCUT2D eigenvalue weighted by Crippen LogP contribution is 2.28. The maximum absolute atomic E-state index is 12.8. The molecule has 0 aromatic heterocycles. The molecule has 7 heteroatoms. The van der Waals surface area contributed by atoms with Gasteiger partial charge in [0.25, 0.3) is 5.91 Å². The Morgan fingerprint density at radius 2 is 1.81 bits per heavy atom. The van der Waals surface area contributed by atoms with Gasteiger partial charge in [0, 0.05) is 24.7 Å². The molecule has 1 heterocycles. The first kappa shape index (κ1) is 19.2. The number of sulfonamides is 1. The highest BCUT2D eigenvalue weighted by atomic mass is 32.2. The van der Waals surface area contributed by atoms with E-state index < -0.39 is 10.0 Å². The van der Waals surface area contributed by atoms with Gasteiger partial charge in [-0.25, -0.2) is 13.1 Å². The lowest BCUT2D eigenvalue weighted by Crippen LogP contribution is -2.38. The minimum absolute atomic E-state index is 0.0346. The lowest BCUT2D eigenvalue weighted by atomic mass is 9.98. The summed E-state index contributed by atoms with van der Waals surface area (Å²) >= 11 is 0. The number of rotatable bonds is 5. The quantitative estimate of drug-likeness (QED) is 0.852. The van der Waals surface area contributed by atoms with Crippen LogP contribution in [0.3, 0.4) is 0 Å². The average Bonchev–Trinajstić information content (AvgIpc) is 3.13. The number of likely N-dealkylation sites (tertiary alicyclic amines) is 1. The van der Waals surface area contributed by atoms with Crippen LogP contribution in [-0.2, 0) is 10.0 Å². The zero-order valence-electron chi connectivity index (χ0n) is 15.5. The fourth-order valence-electron chi connectivity index (χ4n) is 3.74. The minimum atomic E-state index is -3.73. The Morgan fingerprint density at radius 1 is 1.15 bits per heavy atom. The lowest BCUT2D eigenvalue weighted by molar-refractivity contribution is 0.0697. The molecule has 0 spiro atoms. The first-order chi connectivity index (χ1) is 12.4. The summed E-state index contributed by atoms with van der Waals surface area (Å²) < 4.78 is 33.7. The van der Waals surface area contributed by atoms with Crippen molar-refractivity contribution in [2.75, 3.05) is 20.2 Å². The molecule has 1 saturated carbocycles. The Bertz CT molecular complexity index is 749.